The molecule has 0 unspecified atom stereocenters. The van der Waals surface area contributed by atoms with Gasteiger partial charge in [-0.25, -0.2) is 0 Å². The lowest BCUT2D eigenvalue weighted by Gasteiger charge is -2.24. The third kappa shape index (κ3) is 1.09. The number of fused-ring (bicyclic) bond motifs is 1. The van der Waals surface area contributed by atoms with Crippen LogP contribution in [0.25, 0.3) is 0 Å². The Morgan fingerprint density at radius 1 is 1.08 bits per heavy atom. The highest BCUT2D eigenvalue weighted by Crippen LogP contribution is 2.71. The summed E-state index contributed by atoms with van der Waals surface area (Å²) < 4.78 is 0. The van der Waals surface area contributed by atoms with Gasteiger partial charge >= 0.3 is 0 Å². The van der Waals surface area contributed by atoms with Gasteiger partial charge in [-0.3, -0.25) is 4.90 Å². The number of likely N-dealkylation sites (tertiary alicyclic amines) is 1. The molecule has 0 N–H and O–H groups in total. The van der Waals surface area contributed by atoms with Crippen molar-refractivity contribution < 1.29 is 0 Å². The Balaban J connectivity index is 2.10. The zero-order valence-corrected chi connectivity index (χ0v) is 9.56. The van der Waals surface area contributed by atoms with E-state index in [0.29, 0.717) is 0 Å². The van der Waals surface area contributed by atoms with E-state index < -0.39 is 0 Å². The summed E-state index contributed by atoms with van der Waals surface area (Å²) in [5, 5.41) is 0. The molecule has 0 aromatic heterocycles. The summed E-state index contributed by atoms with van der Waals surface area (Å²) in [7, 11) is 0. The van der Waals surface area contributed by atoms with Crippen LogP contribution in [0.15, 0.2) is 0 Å². The lowest BCUT2D eigenvalue weighted by atomic mass is 9.92. The number of hydrogen-bond acceptors (Lipinski definition) is 1. The van der Waals surface area contributed by atoms with Gasteiger partial charge in [0, 0.05) is 19.1 Å². The third-order valence-electron chi connectivity index (χ3n) is 4.77. The zero-order valence-electron chi connectivity index (χ0n) is 9.56. The summed E-state index contributed by atoms with van der Waals surface area (Å²) in [6.07, 6.45) is 4.30. The second-order valence-electron chi connectivity index (χ2n) is 5.44. The fourth-order valence-corrected chi connectivity index (χ4v) is 3.47. The van der Waals surface area contributed by atoms with Gasteiger partial charge in [0.15, 0.2) is 0 Å². The second-order valence-corrected chi connectivity index (χ2v) is 5.44. The fourth-order valence-electron chi connectivity index (χ4n) is 3.47. The highest BCUT2D eigenvalue weighted by molar-refractivity contribution is 5.20. The standard InChI is InChI=1S/C12H23N/c1-5-11-7-12(11,6-2)9-13(8-11)10(3)4/h10H,5-9H2,1-4H3/t11-,12+. The first-order valence-electron chi connectivity index (χ1n) is 5.83. The minimum absolute atomic E-state index is 0.728. The van der Waals surface area contributed by atoms with Crippen molar-refractivity contribution in [1.82, 2.24) is 4.90 Å². The number of rotatable bonds is 3. The van der Waals surface area contributed by atoms with E-state index in [-0.39, 0.29) is 0 Å². The van der Waals surface area contributed by atoms with Crippen LogP contribution in [-0.4, -0.2) is 24.0 Å². The third-order valence-corrected chi connectivity index (χ3v) is 4.77. The van der Waals surface area contributed by atoms with Crippen LogP contribution in [0, 0.1) is 10.8 Å². The predicted molar refractivity (Wildman–Crippen MR) is 56.8 cm³/mol. The van der Waals surface area contributed by atoms with Gasteiger partial charge in [-0.1, -0.05) is 13.8 Å². The SMILES string of the molecule is CC[C@@]12CN(C(C)C)C[C@]1(CC)C2. The maximum Gasteiger partial charge on any atom is 0.00468 e. The van der Waals surface area contributed by atoms with E-state index in [9.17, 15) is 0 Å². The Kier molecular flexibility index (Phi) is 1.99. The number of nitrogens with zero attached hydrogens (tertiary/aromatic N) is 1. The van der Waals surface area contributed by atoms with E-state index >= 15 is 0 Å². The van der Waals surface area contributed by atoms with E-state index in [1.807, 2.05) is 0 Å². The Hall–Kier alpha value is -0.0400. The van der Waals surface area contributed by atoms with Crippen LogP contribution in [0.2, 0.25) is 0 Å². The lowest BCUT2D eigenvalue weighted by molar-refractivity contribution is 0.219. The van der Waals surface area contributed by atoms with Crippen LogP contribution in [0.4, 0.5) is 0 Å². The van der Waals surface area contributed by atoms with Crippen molar-refractivity contribution in [2.24, 2.45) is 10.8 Å². The van der Waals surface area contributed by atoms with Gasteiger partial charge in [0.05, 0.1) is 0 Å². The minimum Gasteiger partial charge on any atom is -0.300 e. The van der Waals surface area contributed by atoms with Crippen LogP contribution in [0.1, 0.15) is 47.0 Å². The van der Waals surface area contributed by atoms with Gasteiger partial charge in [0.2, 0.25) is 0 Å². The Labute approximate surface area is 82.5 Å². The van der Waals surface area contributed by atoms with E-state index in [1.165, 1.54) is 32.4 Å². The molecule has 1 aliphatic heterocycles. The Morgan fingerprint density at radius 3 is 1.85 bits per heavy atom. The maximum atomic E-state index is 2.68. The van der Waals surface area contributed by atoms with E-state index in [4.69, 9.17) is 0 Å². The molecule has 1 heterocycles. The molecule has 13 heavy (non-hydrogen) atoms. The van der Waals surface area contributed by atoms with Crippen molar-refractivity contribution in [2.45, 2.75) is 53.0 Å². The molecule has 1 saturated carbocycles. The monoisotopic (exact) mass is 181 g/mol. The van der Waals surface area contributed by atoms with Crippen molar-refractivity contribution in [3.05, 3.63) is 0 Å². The molecule has 2 fully saturated rings. The first-order chi connectivity index (χ1) is 6.09. The average Bonchev–Trinajstić information content (AvgIpc) is 2.64. The molecule has 0 aromatic carbocycles. The van der Waals surface area contributed by atoms with Crippen molar-refractivity contribution in [3.63, 3.8) is 0 Å². The predicted octanol–water partition coefficient (Wildman–Crippen LogP) is 2.91. The number of piperidine rings is 1. The normalized spacial score (nSPS) is 44.1. The van der Waals surface area contributed by atoms with Crippen LogP contribution in [0.3, 0.4) is 0 Å². The van der Waals surface area contributed by atoms with Gasteiger partial charge in [-0.2, -0.15) is 0 Å². The van der Waals surface area contributed by atoms with Crippen LogP contribution < -0.4 is 0 Å². The highest BCUT2D eigenvalue weighted by Gasteiger charge is 2.69. The highest BCUT2D eigenvalue weighted by atomic mass is 15.2. The van der Waals surface area contributed by atoms with E-state index in [1.54, 1.807) is 0 Å². The smallest absolute Gasteiger partial charge is 0.00468 e. The van der Waals surface area contributed by atoms with Crippen LogP contribution in [0.5, 0.6) is 0 Å². The summed E-state index contributed by atoms with van der Waals surface area (Å²) in [6, 6.07) is 0.750. The van der Waals surface area contributed by atoms with Crippen LogP contribution >= 0.6 is 0 Å². The van der Waals surface area contributed by atoms with Gasteiger partial charge < -0.3 is 0 Å². The van der Waals surface area contributed by atoms with Crippen molar-refractivity contribution >= 4 is 0 Å². The zero-order chi connectivity index (χ0) is 9.69. The molecule has 1 saturated heterocycles. The number of hydrogen-bond donors (Lipinski definition) is 0. The van der Waals surface area contributed by atoms with Gasteiger partial charge in [0.1, 0.15) is 0 Å². The molecule has 2 aliphatic rings. The summed E-state index contributed by atoms with van der Waals surface area (Å²) in [4.78, 5) is 2.68. The molecule has 1 heteroatoms. The van der Waals surface area contributed by atoms with E-state index in [2.05, 4.69) is 32.6 Å². The van der Waals surface area contributed by atoms with Gasteiger partial charge in [0.25, 0.3) is 0 Å². The van der Waals surface area contributed by atoms with Crippen molar-refractivity contribution in [3.8, 4) is 0 Å². The topological polar surface area (TPSA) is 3.24 Å². The molecular formula is C12H23N. The Bertz CT molecular complexity index is 193. The average molecular weight is 181 g/mol. The summed E-state index contributed by atoms with van der Waals surface area (Å²) in [6.45, 7) is 12.2. The quantitative estimate of drug-likeness (QED) is 0.647. The molecule has 0 bridgehead atoms. The van der Waals surface area contributed by atoms with Crippen LogP contribution in [-0.2, 0) is 0 Å². The Morgan fingerprint density at radius 2 is 1.54 bits per heavy atom. The molecule has 0 amide bonds. The summed E-state index contributed by atoms with van der Waals surface area (Å²) in [5.74, 6) is 0. The molecule has 2 rings (SSSR count). The molecule has 0 spiro atoms. The molecule has 0 radical (unpaired) electrons. The maximum absolute atomic E-state index is 2.68. The van der Waals surface area contributed by atoms with Crippen molar-refractivity contribution in [2.75, 3.05) is 13.1 Å². The minimum atomic E-state index is 0.728. The summed E-state index contributed by atoms with van der Waals surface area (Å²) in [5.41, 5.74) is 1.46. The first kappa shape index (κ1) is 9.51. The van der Waals surface area contributed by atoms with Crippen molar-refractivity contribution in [1.29, 1.82) is 0 Å². The molecule has 76 valence electrons. The molecular weight excluding hydrogens is 158 g/mol. The molecule has 1 nitrogen and oxygen atoms in total. The second kappa shape index (κ2) is 2.73. The van der Waals surface area contributed by atoms with Gasteiger partial charge in [-0.15, -0.1) is 0 Å². The van der Waals surface area contributed by atoms with Gasteiger partial charge in [-0.05, 0) is 43.9 Å². The molecule has 2 atom stereocenters. The van der Waals surface area contributed by atoms with E-state index in [0.717, 1.165) is 16.9 Å². The molecule has 0 aromatic rings. The lowest BCUT2D eigenvalue weighted by Crippen LogP contribution is -2.32. The largest absolute Gasteiger partial charge is 0.300 e. The summed E-state index contributed by atoms with van der Waals surface area (Å²) >= 11 is 0. The first-order valence-corrected chi connectivity index (χ1v) is 5.83. The molecule has 1 aliphatic carbocycles. The fraction of sp³-hybridized carbons (Fsp3) is 1.00.